The minimum atomic E-state index is -1.34. The Balaban J connectivity index is 2.78. The molecule has 1 heterocycles. The maximum absolute atomic E-state index is 11.8. The molecule has 0 spiro atoms. The lowest BCUT2D eigenvalue weighted by molar-refractivity contribution is -0.615. The van der Waals surface area contributed by atoms with Crippen LogP contribution in [0.25, 0.3) is 11.1 Å². The number of aromatic nitrogens is 1. The van der Waals surface area contributed by atoms with Gasteiger partial charge in [0.1, 0.15) is 11.6 Å². The van der Waals surface area contributed by atoms with E-state index >= 15 is 0 Å². The lowest BCUT2D eigenvalue weighted by atomic mass is 9.99. The van der Waals surface area contributed by atoms with Crippen molar-refractivity contribution in [2.45, 2.75) is 6.92 Å². The molecule has 0 aliphatic heterocycles. The van der Waals surface area contributed by atoms with Crippen molar-refractivity contribution in [3.8, 4) is 17.2 Å². The fourth-order valence-corrected chi connectivity index (χ4v) is 2.02. The molecule has 0 saturated carbocycles. The first kappa shape index (κ1) is 13.8. The van der Waals surface area contributed by atoms with E-state index in [1.54, 1.807) is 24.3 Å². The third-order valence-corrected chi connectivity index (χ3v) is 3.17. The number of carbonyl (C=O) groups is 1. The lowest BCUT2D eigenvalue weighted by Gasteiger charge is -2.10. The van der Waals surface area contributed by atoms with E-state index in [1.807, 2.05) is 6.07 Å². The van der Waals surface area contributed by atoms with Crippen molar-refractivity contribution in [1.29, 1.82) is 5.26 Å². The summed E-state index contributed by atoms with van der Waals surface area (Å²) in [5, 5.41) is 30.6. The van der Waals surface area contributed by atoms with Crippen LogP contribution < -0.4 is 4.73 Å². The van der Waals surface area contributed by atoms with Crippen LogP contribution in [-0.2, 0) is 0 Å². The van der Waals surface area contributed by atoms with E-state index in [0.717, 1.165) is 0 Å². The number of nitriles is 1. The third-order valence-electron chi connectivity index (χ3n) is 2.92. The highest BCUT2D eigenvalue weighted by molar-refractivity contribution is 6.30. The first-order valence-corrected chi connectivity index (χ1v) is 6.00. The maximum atomic E-state index is 11.8. The number of benzene rings is 1. The van der Waals surface area contributed by atoms with Crippen LogP contribution in [0.3, 0.4) is 0 Å². The summed E-state index contributed by atoms with van der Waals surface area (Å²) in [7, 11) is 0. The number of hydrogen-bond donors (Lipinski definition) is 1. The Morgan fingerprint density at radius 2 is 2.00 bits per heavy atom. The fraction of sp³-hybridized carbons (Fsp3) is 0.0714. The van der Waals surface area contributed by atoms with Crippen molar-refractivity contribution >= 4 is 17.6 Å². The second-order valence-corrected chi connectivity index (χ2v) is 4.56. The number of carboxylic acids is 1. The number of hydrogen-bond acceptors (Lipinski definition) is 3. The minimum absolute atomic E-state index is 0.0531. The van der Waals surface area contributed by atoms with E-state index in [-0.39, 0.29) is 16.0 Å². The van der Waals surface area contributed by atoms with Gasteiger partial charge in [0.2, 0.25) is 5.69 Å². The van der Waals surface area contributed by atoms with E-state index in [2.05, 4.69) is 0 Å². The van der Waals surface area contributed by atoms with E-state index in [0.29, 0.717) is 16.1 Å². The molecule has 0 saturated heterocycles. The van der Waals surface area contributed by atoms with Crippen molar-refractivity contribution in [2.75, 3.05) is 0 Å². The average Bonchev–Trinajstić information content (AvgIpc) is 2.42. The van der Waals surface area contributed by atoms with Crippen LogP contribution in [0.2, 0.25) is 5.02 Å². The highest BCUT2D eigenvalue weighted by Gasteiger charge is 2.24. The largest absolute Gasteiger partial charge is 0.618 e. The fourth-order valence-electron chi connectivity index (χ4n) is 1.89. The van der Waals surface area contributed by atoms with Crippen molar-refractivity contribution in [2.24, 2.45) is 0 Å². The molecular weight excluding hydrogens is 280 g/mol. The van der Waals surface area contributed by atoms with Gasteiger partial charge in [0, 0.05) is 23.6 Å². The molecule has 0 unspecified atom stereocenters. The highest BCUT2D eigenvalue weighted by Crippen LogP contribution is 2.26. The van der Waals surface area contributed by atoms with Crippen molar-refractivity contribution in [3.05, 3.63) is 57.5 Å². The predicted octanol–water partition coefficient (Wildman–Crippen LogP) is 2.52. The van der Waals surface area contributed by atoms with Gasteiger partial charge in [-0.2, -0.15) is 9.99 Å². The monoisotopic (exact) mass is 288 g/mol. The SMILES string of the molecule is Cc1c(C#N)c(-c2ccc(Cl)cc2)cc(C(=O)O)[n+]1[O-]. The summed E-state index contributed by atoms with van der Waals surface area (Å²) in [6.45, 7) is 1.41. The predicted molar refractivity (Wildman–Crippen MR) is 72.3 cm³/mol. The van der Waals surface area contributed by atoms with E-state index < -0.39 is 11.7 Å². The van der Waals surface area contributed by atoms with Gasteiger partial charge in [-0.05, 0) is 17.7 Å². The average molecular weight is 289 g/mol. The van der Waals surface area contributed by atoms with Crippen LogP contribution in [-0.4, -0.2) is 11.1 Å². The number of aromatic carboxylic acids is 1. The Hall–Kier alpha value is -2.58. The summed E-state index contributed by atoms with van der Waals surface area (Å²) in [6.07, 6.45) is 0. The van der Waals surface area contributed by atoms with Gasteiger partial charge in [0.05, 0.1) is 0 Å². The zero-order valence-electron chi connectivity index (χ0n) is 10.4. The lowest BCUT2D eigenvalue weighted by Crippen LogP contribution is -2.38. The number of nitrogens with zero attached hydrogens (tertiary/aromatic N) is 2. The van der Waals surface area contributed by atoms with Crippen molar-refractivity contribution in [1.82, 2.24) is 0 Å². The zero-order valence-corrected chi connectivity index (χ0v) is 11.2. The van der Waals surface area contributed by atoms with Gasteiger partial charge in [-0.3, -0.25) is 0 Å². The molecule has 2 rings (SSSR count). The Kier molecular flexibility index (Phi) is 3.59. The molecule has 6 heteroatoms. The van der Waals surface area contributed by atoms with E-state index in [9.17, 15) is 15.3 Å². The minimum Gasteiger partial charge on any atom is -0.618 e. The van der Waals surface area contributed by atoms with Crippen LogP contribution in [0, 0.1) is 23.5 Å². The molecule has 0 aliphatic carbocycles. The van der Waals surface area contributed by atoms with Gasteiger partial charge in [-0.15, -0.1) is 0 Å². The second-order valence-electron chi connectivity index (χ2n) is 4.12. The molecule has 1 aromatic heterocycles. The summed E-state index contributed by atoms with van der Waals surface area (Å²) in [5.41, 5.74) is 0.791. The second kappa shape index (κ2) is 5.19. The van der Waals surface area contributed by atoms with Crippen molar-refractivity contribution < 1.29 is 14.6 Å². The number of rotatable bonds is 2. The summed E-state index contributed by atoms with van der Waals surface area (Å²) in [4.78, 5) is 11.1. The molecule has 0 atom stereocenters. The molecule has 0 amide bonds. The zero-order chi connectivity index (χ0) is 14.9. The quantitative estimate of drug-likeness (QED) is 0.679. The molecule has 0 bridgehead atoms. The molecule has 5 nitrogen and oxygen atoms in total. The van der Waals surface area contributed by atoms with Crippen LogP contribution in [0.1, 0.15) is 21.7 Å². The third kappa shape index (κ3) is 2.29. The Bertz CT molecular complexity index is 734. The summed E-state index contributed by atoms with van der Waals surface area (Å²) in [5.74, 6) is -1.34. The van der Waals surface area contributed by atoms with Crippen LogP contribution in [0.5, 0.6) is 0 Å². The number of carboxylic acid groups (broad SMARTS) is 1. The number of pyridine rings is 1. The Morgan fingerprint density at radius 3 is 2.50 bits per heavy atom. The normalized spacial score (nSPS) is 10.1. The van der Waals surface area contributed by atoms with Gasteiger partial charge in [0.15, 0.2) is 0 Å². The van der Waals surface area contributed by atoms with E-state index in [4.69, 9.17) is 16.7 Å². The van der Waals surface area contributed by atoms with Crippen LogP contribution in [0.15, 0.2) is 30.3 Å². The molecule has 20 heavy (non-hydrogen) atoms. The summed E-state index contributed by atoms with van der Waals surface area (Å²) < 4.78 is 0.250. The summed E-state index contributed by atoms with van der Waals surface area (Å²) in [6, 6.07) is 9.73. The summed E-state index contributed by atoms with van der Waals surface area (Å²) >= 11 is 5.80. The molecule has 2 aromatic rings. The molecule has 1 N–H and O–H groups in total. The van der Waals surface area contributed by atoms with Crippen LogP contribution >= 0.6 is 11.6 Å². The number of halogens is 1. The maximum Gasteiger partial charge on any atom is 0.402 e. The Labute approximate surface area is 119 Å². The molecule has 100 valence electrons. The first-order chi connectivity index (χ1) is 9.45. The van der Waals surface area contributed by atoms with E-state index in [1.165, 1.54) is 13.0 Å². The van der Waals surface area contributed by atoms with Gasteiger partial charge >= 0.3 is 11.7 Å². The Morgan fingerprint density at radius 1 is 1.40 bits per heavy atom. The molecule has 1 aromatic carbocycles. The van der Waals surface area contributed by atoms with Crippen molar-refractivity contribution in [3.63, 3.8) is 0 Å². The van der Waals surface area contributed by atoms with Gasteiger partial charge in [-0.1, -0.05) is 23.7 Å². The van der Waals surface area contributed by atoms with Crippen LogP contribution in [0.4, 0.5) is 0 Å². The van der Waals surface area contributed by atoms with Gasteiger partial charge in [-0.25, -0.2) is 4.79 Å². The van der Waals surface area contributed by atoms with Gasteiger partial charge in [0.25, 0.3) is 0 Å². The first-order valence-electron chi connectivity index (χ1n) is 5.62. The molecule has 0 fully saturated rings. The standard InChI is InChI=1S/C14H9ClN2O3/c1-8-12(7-16)11(6-13(14(18)19)17(8)20)9-2-4-10(15)5-3-9/h2-6H,1H3,(H,18,19). The topological polar surface area (TPSA) is 88.0 Å². The molecular formula is C14H9ClN2O3. The smallest absolute Gasteiger partial charge is 0.402 e. The highest BCUT2D eigenvalue weighted by atomic mass is 35.5. The molecule has 0 radical (unpaired) electrons. The van der Waals surface area contributed by atoms with Gasteiger partial charge < -0.3 is 10.3 Å². The molecule has 0 aliphatic rings.